The van der Waals surface area contributed by atoms with Crippen LogP contribution in [0, 0.1) is 6.92 Å². The van der Waals surface area contributed by atoms with E-state index in [0.29, 0.717) is 0 Å². The zero-order valence-corrected chi connectivity index (χ0v) is 24.0. The molecule has 0 unspecified atom stereocenters. The normalized spacial score (nSPS) is 11.9. The minimum absolute atomic E-state index is 1.21. The Morgan fingerprint density at radius 2 is 0.824 bits per heavy atom. The van der Waals surface area contributed by atoms with Crippen LogP contribution in [-0.4, -0.2) is 19.6 Å². The minimum atomic E-state index is 1.21. The largest absolute Gasteiger partial charge is 0.291 e. The van der Waals surface area contributed by atoms with Crippen molar-refractivity contribution in [2.45, 2.75) is 156 Å². The Hall–Kier alpha value is -0.820. The molecule has 0 amide bonds. The number of unbranched alkanes of at least 4 members (excludes halogenated alkanes) is 17. The van der Waals surface area contributed by atoms with Crippen LogP contribution in [0.2, 0.25) is 0 Å². The molecule has 198 valence electrons. The second kappa shape index (κ2) is 21.5. The summed E-state index contributed by atoms with van der Waals surface area (Å²) in [5.41, 5.74) is 3.06. The van der Waals surface area contributed by atoms with E-state index in [1.54, 1.807) is 5.69 Å². The van der Waals surface area contributed by atoms with Crippen LogP contribution < -0.4 is 4.48 Å². The number of hydrogen-bond acceptors (Lipinski definition) is 0. The van der Waals surface area contributed by atoms with Gasteiger partial charge in [-0.1, -0.05) is 142 Å². The van der Waals surface area contributed by atoms with Crippen molar-refractivity contribution in [1.82, 2.24) is 4.48 Å². The van der Waals surface area contributed by atoms with Crippen LogP contribution in [0.25, 0.3) is 0 Å². The quantitative estimate of drug-likeness (QED) is 0.104. The topological polar surface area (TPSA) is 0 Å². The minimum Gasteiger partial charge on any atom is -0.291 e. The van der Waals surface area contributed by atoms with E-state index in [9.17, 15) is 0 Å². The van der Waals surface area contributed by atoms with Crippen molar-refractivity contribution in [3.8, 4) is 0 Å². The first-order valence-corrected chi connectivity index (χ1v) is 15.6. The van der Waals surface area contributed by atoms with Crippen molar-refractivity contribution < 1.29 is 0 Å². The molecule has 0 heterocycles. The second-order valence-electron chi connectivity index (χ2n) is 11.1. The van der Waals surface area contributed by atoms with E-state index in [-0.39, 0.29) is 0 Å². The maximum absolute atomic E-state index is 2.40. The lowest BCUT2D eigenvalue weighted by molar-refractivity contribution is 0.264. The van der Waals surface area contributed by atoms with Crippen LogP contribution in [0.4, 0.5) is 5.69 Å². The summed E-state index contributed by atoms with van der Waals surface area (Å²) in [7, 11) is 0. The molecule has 0 atom stereocenters. The Bertz CT molecular complexity index is 557. The molecule has 0 aliphatic carbocycles. The summed E-state index contributed by atoms with van der Waals surface area (Å²) in [5, 5.41) is 0. The van der Waals surface area contributed by atoms with E-state index in [2.05, 4.69) is 52.0 Å². The highest BCUT2D eigenvalue weighted by molar-refractivity contribution is 5.50. The van der Waals surface area contributed by atoms with Crippen LogP contribution in [0.1, 0.15) is 155 Å². The Balaban J connectivity index is 2.06. The van der Waals surface area contributed by atoms with Crippen molar-refractivity contribution in [3.05, 3.63) is 29.8 Å². The fraction of sp³-hybridized carbons (Fsp3) is 0.818. The van der Waals surface area contributed by atoms with Crippen LogP contribution in [0.3, 0.4) is 0 Å². The van der Waals surface area contributed by atoms with Crippen molar-refractivity contribution in [3.63, 3.8) is 0 Å². The van der Waals surface area contributed by atoms with Crippen molar-refractivity contribution in [2.75, 3.05) is 19.6 Å². The average Bonchev–Trinajstić information content (AvgIpc) is 2.83. The Morgan fingerprint density at radius 1 is 0.441 bits per heavy atom. The van der Waals surface area contributed by atoms with Gasteiger partial charge in [0.2, 0.25) is 0 Å². The zero-order chi connectivity index (χ0) is 24.7. The third kappa shape index (κ3) is 13.9. The number of para-hydroxylation sites is 1. The van der Waals surface area contributed by atoms with Gasteiger partial charge in [0.1, 0.15) is 5.69 Å². The average molecular weight is 473 g/mol. The number of quaternary nitrogens is 1. The van der Waals surface area contributed by atoms with E-state index in [0.717, 1.165) is 0 Å². The van der Waals surface area contributed by atoms with Gasteiger partial charge in [-0.05, 0) is 38.7 Å². The first-order chi connectivity index (χ1) is 16.7. The molecule has 0 N–H and O–H groups in total. The van der Waals surface area contributed by atoms with Crippen molar-refractivity contribution in [1.29, 1.82) is 0 Å². The summed E-state index contributed by atoms with van der Waals surface area (Å²) >= 11 is 0. The summed E-state index contributed by atoms with van der Waals surface area (Å²) in [4.78, 5) is 0. The van der Waals surface area contributed by atoms with E-state index in [1.165, 1.54) is 158 Å². The summed E-state index contributed by atoms with van der Waals surface area (Å²) in [6, 6.07) is 9.15. The van der Waals surface area contributed by atoms with Gasteiger partial charge < -0.3 is 0 Å². The molecule has 1 nitrogen and oxygen atoms in total. The Labute approximate surface area is 215 Å². The number of nitrogens with zero attached hydrogens (tertiary/aromatic N) is 1. The highest BCUT2D eigenvalue weighted by Gasteiger charge is 2.29. The first-order valence-electron chi connectivity index (χ1n) is 15.6. The molecule has 0 aliphatic rings. The molecular weight excluding hydrogens is 410 g/mol. The highest BCUT2D eigenvalue weighted by Crippen LogP contribution is 2.29. The van der Waals surface area contributed by atoms with Gasteiger partial charge in [-0.15, -0.1) is 0 Å². The molecule has 34 heavy (non-hydrogen) atoms. The lowest BCUT2D eigenvalue weighted by Crippen LogP contribution is -2.51. The van der Waals surface area contributed by atoms with E-state index in [1.807, 2.05) is 0 Å². The van der Waals surface area contributed by atoms with Crippen molar-refractivity contribution in [2.24, 2.45) is 0 Å². The van der Waals surface area contributed by atoms with Gasteiger partial charge in [0.15, 0.2) is 0 Å². The maximum atomic E-state index is 2.40. The predicted octanol–water partition coefficient (Wildman–Crippen LogP) is 11.2. The summed E-state index contributed by atoms with van der Waals surface area (Å²) < 4.78 is 1.21. The van der Waals surface area contributed by atoms with Gasteiger partial charge in [0.25, 0.3) is 0 Å². The molecule has 1 aromatic carbocycles. The zero-order valence-electron chi connectivity index (χ0n) is 24.0. The summed E-state index contributed by atoms with van der Waals surface area (Å²) in [5.74, 6) is 0. The van der Waals surface area contributed by atoms with Crippen LogP contribution >= 0.6 is 0 Å². The SMILES string of the molecule is CCCCCCCCCCCCCCCCCCCC[N+](CCC)(CCC)c1ccccc1C. The molecule has 0 bridgehead atoms. The van der Waals surface area contributed by atoms with E-state index >= 15 is 0 Å². The van der Waals surface area contributed by atoms with Crippen LogP contribution in [0.5, 0.6) is 0 Å². The molecule has 1 rings (SSSR count). The third-order valence-corrected chi connectivity index (χ3v) is 7.87. The molecular formula is C33H62N+. The molecule has 1 aromatic rings. The smallest absolute Gasteiger partial charge is 0.135 e. The Morgan fingerprint density at radius 3 is 1.21 bits per heavy atom. The van der Waals surface area contributed by atoms with Gasteiger partial charge in [0, 0.05) is 5.56 Å². The monoisotopic (exact) mass is 472 g/mol. The van der Waals surface area contributed by atoms with E-state index in [4.69, 9.17) is 0 Å². The lowest BCUT2D eigenvalue weighted by atomic mass is 10.0. The van der Waals surface area contributed by atoms with Gasteiger partial charge >= 0.3 is 0 Å². The fourth-order valence-corrected chi connectivity index (χ4v) is 5.96. The van der Waals surface area contributed by atoms with Crippen molar-refractivity contribution >= 4 is 5.69 Å². The van der Waals surface area contributed by atoms with Gasteiger partial charge in [0.05, 0.1) is 19.6 Å². The van der Waals surface area contributed by atoms with Gasteiger partial charge in [-0.2, -0.15) is 0 Å². The lowest BCUT2D eigenvalue weighted by Gasteiger charge is -2.39. The number of rotatable bonds is 24. The number of aryl methyl sites for hydroxylation is 1. The van der Waals surface area contributed by atoms with Gasteiger partial charge in [-0.25, -0.2) is 0 Å². The molecule has 0 saturated heterocycles. The second-order valence-corrected chi connectivity index (χ2v) is 11.1. The molecule has 0 spiro atoms. The first kappa shape index (κ1) is 31.2. The Kier molecular flexibility index (Phi) is 19.7. The van der Waals surface area contributed by atoms with Gasteiger partial charge in [-0.3, -0.25) is 4.48 Å². The fourth-order valence-electron chi connectivity index (χ4n) is 5.96. The molecule has 0 aromatic heterocycles. The summed E-state index contributed by atoms with van der Waals surface area (Å²) in [6.07, 6.45) is 28.7. The highest BCUT2D eigenvalue weighted by atomic mass is 15.4. The van der Waals surface area contributed by atoms with Crippen LogP contribution in [0.15, 0.2) is 24.3 Å². The number of hydrogen-bond donors (Lipinski definition) is 0. The number of benzene rings is 1. The molecule has 1 heteroatoms. The van der Waals surface area contributed by atoms with E-state index < -0.39 is 0 Å². The molecule has 0 saturated carbocycles. The molecule has 0 radical (unpaired) electrons. The van der Waals surface area contributed by atoms with Crippen LogP contribution in [-0.2, 0) is 0 Å². The summed E-state index contributed by atoms with van der Waals surface area (Å²) in [6.45, 7) is 13.2. The predicted molar refractivity (Wildman–Crippen MR) is 157 cm³/mol. The third-order valence-electron chi connectivity index (χ3n) is 7.87. The maximum Gasteiger partial charge on any atom is 0.135 e. The molecule has 0 fully saturated rings. The standard InChI is InChI=1S/C33H62N/c1-5-8-9-10-11-12-13-14-15-16-17-18-19-20-21-22-23-26-31-34(29-6-2,30-7-3)33-28-25-24-27-32(33)4/h24-25,27-28H,5-23,26,29-31H2,1-4H3/q+1. The molecule has 0 aliphatic heterocycles.